The standard InChI is InChI=1S/C37H50O4/c1-3-5-6-10-28-13-15-30(16-14-28)31-17-19-35(29(4-2)25-31)33-18-20-37(41-23-8-7-21-38)36(27-33)32-11-9-12-34(26-32)40-24-22-39/h9,11-12,17-20,25-28,30,38-39H,3-8,10,13-16,21-24H2,1-2H3. The average molecular weight is 559 g/mol. The Labute approximate surface area is 247 Å². The summed E-state index contributed by atoms with van der Waals surface area (Å²) in [5, 5.41) is 18.4. The molecule has 0 aliphatic heterocycles. The fourth-order valence-electron chi connectivity index (χ4n) is 6.27. The second-order valence-corrected chi connectivity index (χ2v) is 11.6. The molecule has 0 atom stereocenters. The predicted octanol–water partition coefficient (Wildman–Crippen LogP) is 8.96. The summed E-state index contributed by atoms with van der Waals surface area (Å²) < 4.78 is 11.9. The topological polar surface area (TPSA) is 58.9 Å². The summed E-state index contributed by atoms with van der Waals surface area (Å²) >= 11 is 0. The van der Waals surface area contributed by atoms with E-state index < -0.39 is 0 Å². The molecule has 222 valence electrons. The maximum Gasteiger partial charge on any atom is 0.127 e. The number of hydrogen-bond donors (Lipinski definition) is 2. The van der Waals surface area contributed by atoms with Gasteiger partial charge in [-0.15, -0.1) is 0 Å². The van der Waals surface area contributed by atoms with Crippen molar-refractivity contribution in [2.75, 3.05) is 26.4 Å². The summed E-state index contributed by atoms with van der Waals surface area (Å²) in [5.74, 6) is 3.17. The van der Waals surface area contributed by atoms with Crippen molar-refractivity contribution >= 4 is 0 Å². The molecule has 4 heteroatoms. The van der Waals surface area contributed by atoms with Crippen molar-refractivity contribution in [1.29, 1.82) is 0 Å². The molecule has 4 nitrogen and oxygen atoms in total. The molecular weight excluding hydrogens is 508 g/mol. The van der Waals surface area contributed by atoms with Crippen LogP contribution in [0.25, 0.3) is 22.3 Å². The van der Waals surface area contributed by atoms with Crippen molar-refractivity contribution in [3.05, 3.63) is 71.8 Å². The molecule has 2 N–H and O–H groups in total. The first kappa shape index (κ1) is 31.1. The summed E-state index contributed by atoms with van der Waals surface area (Å²) in [5.41, 5.74) is 7.42. The van der Waals surface area contributed by atoms with Crippen molar-refractivity contribution in [1.82, 2.24) is 0 Å². The minimum Gasteiger partial charge on any atom is -0.493 e. The van der Waals surface area contributed by atoms with E-state index in [0.717, 1.165) is 47.8 Å². The van der Waals surface area contributed by atoms with Crippen LogP contribution in [0.15, 0.2) is 60.7 Å². The van der Waals surface area contributed by atoms with Crippen LogP contribution in [-0.4, -0.2) is 36.6 Å². The maximum atomic E-state index is 9.20. The Hall–Kier alpha value is -2.82. The summed E-state index contributed by atoms with van der Waals surface area (Å²) in [6, 6.07) is 21.7. The van der Waals surface area contributed by atoms with Gasteiger partial charge in [0.2, 0.25) is 0 Å². The van der Waals surface area contributed by atoms with Gasteiger partial charge < -0.3 is 19.7 Å². The largest absolute Gasteiger partial charge is 0.493 e. The summed E-state index contributed by atoms with van der Waals surface area (Å²) in [7, 11) is 0. The van der Waals surface area contributed by atoms with Gasteiger partial charge in [0.1, 0.15) is 18.1 Å². The highest BCUT2D eigenvalue weighted by molar-refractivity contribution is 5.79. The van der Waals surface area contributed by atoms with E-state index in [0.29, 0.717) is 12.5 Å². The molecule has 0 heterocycles. The van der Waals surface area contributed by atoms with Gasteiger partial charge >= 0.3 is 0 Å². The van der Waals surface area contributed by atoms with Gasteiger partial charge in [-0.1, -0.05) is 75.9 Å². The van der Waals surface area contributed by atoms with Gasteiger partial charge in [-0.05, 0) is 109 Å². The van der Waals surface area contributed by atoms with Crippen LogP contribution in [0.5, 0.6) is 11.5 Å². The van der Waals surface area contributed by atoms with Crippen LogP contribution in [0.3, 0.4) is 0 Å². The summed E-state index contributed by atoms with van der Waals surface area (Å²) in [6.45, 7) is 5.53. The lowest BCUT2D eigenvalue weighted by Crippen LogP contribution is -2.13. The normalized spacial score (nSPS) is 17.0. The molecule has 1 aliphatic carbocycles. The average Bonchev–Trinajstić information content (AvgIpc) is 3.02. The molecule has 0 unspecified atom stereocenters. The lowest BCUT2D eigenvalue weighted by molar-refractivity contribution is 0.201. The van der Waals surface area contributed by atoms with E-state index in [2.05, 4.69) is 56.3 Å². The van der Waals surface area contributed by atoms with Crippen molar-refractivity contribution in [2.45, 2.75) is 90.4 Å². The van der Waals surface area contributed by atoms with E-state index in [1.54, 1.807) is 0 Å². The quantitative estimate of drug-likeness (QED) is 0.172. The van der Waals surface area contributed by atoms with E-state index in [-0.39, 0.29) is 19.8 Å². The Morgan fingerprint density at radius 3 is 2.29 bits per heavy atom. The third-order valence-corrected chi connectivity index (χ3v) is 8.65. The zero-order valence-electron chi connectivity index (χ0n) is 25.2. The molecule has 1 fully saturated rings. The number of ether oxygens (including phenoxy) is 2. The number of benzene rings is 3. The van der Waals surface area contributed by atoms with Crippen molar-refractivity contribution < 1.29 is 19.7 Å². The van der Waals surface area contributed by atoms with Gasteiger partial charge in [-0.25, -0.2) is 0 Å². The molecule has 3 aromatic rings. The molecule has 0 amide bonds. The Morgan fingerprint density at radius 1 is 0.707 bits per heavy atom. The minimum absolute atomic E-state index is 0.0187. The van der Waals surface area contributed by atoms with Gasteiger partial charge in [0.05, 0.1) is 13.2 Å². The molecule has 0 radical (unpaired) electrons. The van der Waals surface area contributed by atoms with Gasteiger partial charge in [0, 0.05) is 12.2 Å². The molecular formula is C37H50O4. The molecule has 0 saturated heterocycles. The SMILES string of the molecule is CCCCCC1CCC(c2ccc(-c3ccc(OCCCCO)c(-c4cccc(OCCO)c4)c3)c(CC)c2)CC1. The fourth-order valence-corrected chi connectivity index (χ4v) is 6.27. The highest BCUT2D eigenvalue weighted by atomic mass is 16.5. The van der Waals surface area contributed by atoms with Crippen LogP contribution in [0, 0.1) is 5.92 Å². The van der Waals surface area contributed by atoms with E-state index in [1.165, 1.54) is 73.6 Å². The lowest BCUT2D eigenvalue weighted by Gasteiger charge is -2.29. The first-order valence-corrected chi connectivity index (χ1v) is 16.0. The van der Waals surface area contributed by atoms with Crippen molar-refractivity contribution in [3.63, 3.8) is 0 Å². The number of aliphatic hydroxyl groups excluding tert-OH is 2. The van der Waals surface area contributed by atoms with Crippen LogP contribution in [0.4, 0.5) is 0 Å². The van der Waals surface area contributed by atoms with Crippen molar-refractivity contribution in [2.24, 2.45) is 5.92 Å². The Kier molecular flexibility index (Phi) is 12.6. The van der Waals surface area contributed by atoms with Crippen LogP contribution >= 0.6 is 0 Å². The number of aliphatic hydroxyl groups is 2. The van der Waals surface area contributed by atoms with Crippen LogP contribution in [-0.2, 0) is 6.42 Å². The lowest BCUT2D eigenvalue weighted by atomic mass is 9.76. The van der Waals surface area contributed by atoms with Gasteiger partial charge in [0.15, 0.2) is 0 Å². The van der Waals surface area contributed by atoms with Gasteiger partial charge in [-0.2, -0.15) is 0 Å². The number of unbranched alkanes of at least 4 members (excludes halogenated alkanes) is 3. The third kappa shape index (κ3) is 8.83. The van der Waals surface area contributed by atoms with E-state index in [1.807, 2.05) is 18.2 Å². The van der Waals surface area contributed by atoms with Gasteiger partial charge in [0.25, 0.3) is 0 Å². The number of rotatable bonds is 16. The third-order valence-electron chi connectivity index (χ3n) is 8.65. The summed E-state index contributed by atoms with van der Waals surface area (Å²) in [6.07, 6.45) is 13.4. The van der Waals surface area contributed by atoms with E-state index in [9.17, 15) is 10.2 Å². The zero-order valence-corrected chi connectivity index (χ0v) is 25.2. The number of hydrogen-bond acceptors (Lipinski definition) is 4. The monoisotopic (exact) mass is 558 g/mol. The maximum absolute atomic E-state index is 9.20. The van der Waals surface area contributed by atoms with Crippen LogP contribution in [0.2, 0.25) is 0 Å². The molecule has 0 bridgehead atoms. The highest BCUT2D eigenvalue weighted by Crippen LogP contribution is 2.41. The first-order chi connectivity index (χ1) is 20.2. The molecule has 1 aliphatic rings. The smallest absolute Gasteiger partial charge is 0.127 e. The van der Waals surface area contributed by atoms with E-state index >= 15 is 0 Å². The second kappa shape index (κ2) is 16.6. The molecule has 4 rings (SSSR count). The van der Waals surface area contributed by atoms with Crippen molar-refractivity contribution in [3.8, 4) is 33.8 Å². The number of aryl methyl sites for hydroxylation is 1. The second-order valence-electron chi connectivity index (χ2n) is 11.6. The summed E-state index contributed by atoms with van der Waals surface area (Å²) in [4.78, 5) is 0. The van der Waals surface area contributed by atoms with Gasteiger partial charge in [-0.3, -0.25) is 0 Å². The first-order valence-electron chi connectivity index (χ1n) is 16.0. The van der Waals surface area contributed by atoms with E-state index in [4.69, 9.17) is 9.47 Å². The highest BCUT2D eigenvalue weighted by Gasteiger charge is 2.23. The Bertz CT molecular complexity index is 1200. The molecule has 41 heavy (non-hydrogen) atoms. The Morgan fingerprint density at radius 2 is 1.54 bits per heavy atom. The van der Waals surface area contributed by atoms with Crippen LogP contribution < -0.4 is 9.47 Å². The van der Waals surface area contributed by atoms with Crippen LogP contribution in [0.1, 0.15) is 95.1 Å². The molecule has 1 saturated carbocycles. The minimum atomic E-state index is -0.0187. The molecule has 0 aromatic heterocycles. The molecule has 0 spiro atoms. The fraction of sp³-hybridized carbons (Fsp3) is 0.514. The predicted molar refractivity (Wildman–Crippen MR) is 170 cm³/mol. The Balaban J connectivity index is 1.58. The zero-order chi connectivity index (χ0) is 28.9. The molecule has 3 aromatic carbocycles.